The lowest BCUT2D eigenvalue weighted by molar-refractivity contribution is -0.142. The molecular weight excluding hydrogens is 532 g/mol. The molecule has 2 saturated heterocycles. The summed E-state index contributed by atoms with van der Waals surface area (Å²) in [5.41, 5.74) is 7.05. The van der Waals surface area contributed by atoms with Crippen molar-refractivity contribution in [2.24, 2.45) is 5.73 Å². The molecule has 1 spiro atoms. The molecule has 0 radical (unpaired) electrons. The van der Waals surface area contributed by atoms with Gasteiger partial charge in [0.2, 0.25) is 11.8 Å². The largest absolute Gasteiger partial charge is 0.366 e. The van der Waals surface area contributed by atoms with E-state index in [-0.39, 0.29) is 30.3 Å². The highest BCUT2D eigenvalue weighted by Crippen LogP contribution is 2.42. The molecule has 2 aromatic carbocycles. The number of benzene rings is 2. The van der Waals surface area contributed by atoms with Crippen LogP contribution >= 0.6 is 0 Å². The van der Waals surface area contributed by atoms with Crippen LogP contribution < -0.4 is 16.0 Å². The van der Waals surface area contributed by atoms with Gasteiger partial charge in [-0.3, -0.25) is 19.2 Å². The Kier molecular flexibility index (Phi) is 8.76. The first kappa shape index (κ1) is 29.1. The summed E-state index contributed by atoms with van der Waals surface area (Å²) in [5, 5.41) is 12.1. The lowest BCUT2D eigenvalue weighted by atomic mass is 9.85. The quantitative estimate of drug-likeness (QED) is 0.500. The van der Waals surface area contributed by atoms with E-state index in [0.717, 1.165) is 37.7 Å². The maximum Gasteiger partial charge on any atom is 0.261 e. The first-order valence-corrected chi connectivity index (χ1v) is 14.8. The van der Waals surface area contributed by atoms with Crippen LogP contribution in [0.2, 0.25) is 0 Å². The molecule has 2 aliphatic heterocycles. The third-order valence-electron chi connectivity index (χ3n) is 8.89. The molecule has 2 heterocycles. The Morgan fingerprint density at radius 1 is 0.976 bits per heavy atom. The van der Waals surface area contributed by atoms with E-state index < -0.39 is 17.6 Å². The van der Waals surface area contributed by atoms with Gasteiger partial charge in [0, 0.05) is 31.2 Å². The average molecular weight is 571 g/mol. The summed E-state index contributed by atoms with van der Waals surface area (Å²) in [6.07, 6.45) is 5.47. The van der Waals surface area contributed by atoms with E-state index in [1.165, 1.54) is 4.90 Å². The van der Waals surface area contributed by atoms with Crippen LogP contribution in [0.1, 0.15) is 62.5 Å². The number of hydrogen-bond acceptors (Lipinski definition) is 6. The summed E-state index contributed by atoms with van der Waals surface area (Å²) in [6.45, 7) is 0.436. The number of hydrogen-bond donors (Lipinski definition) is 2. The average Bonchev–Trinajstić information content (AvgIpc) is 3.24. The molecule has 5 rings (SSSR count). The smallest absolute Gasteiger partial charge is 0.261 e. The van der Waals surface area contributed by atoms with Crippen LogP contribution in [0.3, 0.4) is 0 Å². The van der Waals surface area contributed by atoms with Gasteiger partial charge in [-0.15, -0.1) is 0 Å². The second kappa shape index (κ2) is 12.6. The van der Waals surface area contributed by atoms with Crippen molar-refractivity contribution < 1.29 is 19.2 Å². The van der Waals surface area contributed by atoms with E-state index >= 15 is 0 Å². The molecule has 42 heavy (non-hydrogen) atoms. The molecule has 2 aromatic rings. The van der Waals surface area contributed by atoms with Crippen molar-refractivity contribution in [3.8, 4) is 6.07 Å². The van der Waals surface area contributed by atoms with Gasteiger partial charge in [-0.1, -0.05) is 49.6 Å². The maximum atomic E-state index is 14.2. The number of nitrogens with one attached hydrogen (secondary N) is 1. The first-order chi connectivity index (χ1) is 20.3. The number of primary amides is 1. The van der Waals surface area contributed by atoms with Crippen LogP contribution in [-0.2, 0) is 25.6 Å². The van der Waals surface area contributed by atoms with Crippen LogP contribution in [0.15, 0.2) is 54.6 Å². The monoisotopic (exact) mass is 570 g/mol. The Hall–Kier alpha value is -4.39. The molecule has 3 aliphatic rings. The summed E-state index contributed by atoms with van der Waals surface area (Å²) >= 11 is 0. The molecule has 3 fully saturated rings. The summed E-state index contributed by atoms with van der Waals surface area (Å²) < 4.78 is 0. The SMILES string of the molecule is N#Cc1ccc(CCC(=O)N2CCC3(CC2)C(=O)N(CC(=O)NC2CCCCC2)[C@H](C(N)=O)N3c2ccccc2)cc1. The number of carbonyl (C=O) groups excluding carboxylic acids is 4. The number of aryl methyl sites for hydroxylation is 1. The molecule has 10 heteroatoms. The summed E-state index contributed by atoms with van der Waals surface area (Å²) in [7, 11) is 0. The first-order valence-electron chi connectivity index (χ1n) is 14.8. The number of carbonyl (C=O) groups is 4. The molecule has 0 unspecified atom stereocenters. The number of para-hydroxylation sites is 1. The molecule has 4 amide bonds. The van der Waals surface area contributed by atoms with E-state index in [1.54, 1.807) is 21.9 Å². The molecule has 1 aliphatic carbocycles. The predicted octanol–water partition coefficient (Wildman–Crippen LogP) is 2.46. The summed E-state index contributed by atoms with van der Waals surface area (Å²) in [5.74, 6) is -1.31. The molecular formula is C32H38N6O4. The van der Waals surface area contributed by atoms with Crippen molar-refractivity contribution in [2.75, 3.05) is 24.5 Å². The van der Waals surface area contributed by atoms with Crippen LogP contribution in [-0.4, -0.2) is 70.8 Å². The van der Waals surface area contributed by atoms with Crippen LogP contribution in [0.25, 0.3) is 0 Å². The van der Waals surface area contributed by atoms with Crippen LogP contribution in [0.5, 0.6) is 0 Å². The van der Waals surface area contributed by atoms with Gasteiger partial charge in [-0.2, -0.15) is 5.26 Å². The van der Waals surface area contributed by atoms with Crippen LogP contribution in [0.4, 0.5) is 5.69 Å². The van der Waals surface area contributed by atoms with E-state index in [1.807, 2.05) is 42.5 Å². The minimum Gasteiger partial charge on any atom is -0.366 e. The van der Waals surface area contributed by atoms with E-state index in [2.05, 4.69) is 11.4 Å². The number of nitriles is 1. The fourth-order valence-corrected chi connectivity index (χ4v) is 6.68. The van der Waals surface area contributed by atoms with Crippen molar-refractivity contribution in [1.82, 2.24) is 15.1 Å². The number of likely N-dealkylation sites (tertiary alicyclic amines) is 1. The molecule has 220 valence electrons. The van der Waals surface area contributed by atoms with Crippen molar-refractivity contribution in [3.05, 3.63) is 65.7 Å². The van der Waals surface area contributed by atoms with E-state index in [9.17, 15) is 19.2 Å². The maximum absolute atomic E-state index is 14.2. The number of nitrogens with zero attached hydrogens (tertiary/aromatic N) is 4. The van der Waals surface area contributed by atoms with Crippen molar-refractivity contribution >= 4 is 29.3 Å². The number of nitrogens with two attached hydrogens (primary N) is 1. The van der Waals surface area contributed by atoms with Gasteiger partial charge in [0.1, 0.15) is 12.1 Å². The molecule has 0 aromatic heterocycles. The fraction of sp³-hybridized carbons (Fsp3) is 0.469. The highest BCUT2D eigenvalue weighted by atomic mass is 16.2. The Bertz CT molecular complexity index is 1340. The zero-order chi connectivity index (χ0) is 29.7. The van der Waals surface area contributed by atoms with Crippen molar-refractivity contribution in [3.63, 3.8) is 0 Å². The lowest BCUT2D eigenvalue weighted by Gasteiger charge is -2.44. The fourth-order valence-electron chi connectivity index (χ4n) is 6.68. The molecule has 1 saturated carbocycles. The minimum absolute atomic E-state index is 0.0129. The number of amides is 4. The van der Waals surface area contributed by atoms with Crippen molar-refractivity contribution in [1.29, 1.82) is 5.26 Å². The summed E-state index contributed by atoms with van der Waals surface area (Å²) in [4.78, 5) is 58.3. The van der Waals surface area contributed by atoms with E-state index in [4.69, 9.17) is 11.0 Å². The second-order valence-electron chi connectivity index (χ2n) is 11.5. The summed E-state index contributed by atoms with van der Waals surface area (Å²) in [6, 6.07) is 18.6. The standard InChI is InChI=1S/C32H38N6O4/c33-21-24-13-11-23(12-14-24)15-16-28(40)36-19-17-32(18-20-36)31(42)37(22-27(39)35-25-7-3-1-4-8-25)30(29(34)41)38(32)26-9-5-2-6-10-26/h2,5-6,9-14,25,30H,1,3-4,7-8,15-20,22H2,(H2,34,41)(H,35,39)/t30-/m0/s1. The predicted molar refractivity (Wildman–Crippen MR) is 157 cm³/mol. The van der Waals surface area contributed by atoms with E-state index in [0.29, 0.717) is 50.0 Å². The molecule has 3 N–H and O–H groups in total. The third kappa shape index (κ3) is 5.96. The van der Waals surface area contributed by atoms with Gasteiger partial charge < -0.3 is 25.8 Å². The normalized spacial score (nSPS) is 20.4. The van der Waals surface area contributed by atoms with Gasteiger partial charge in [0.05, 0.1) is 11.6 Å². The molecule has 1 atom stereocenters. The van der Waals surface area contributed by atoms with Crippen LogP contribution in [0, 0.1) is 11.3 Å². The number of piperidine rings is 1. The Labute approximate surface area is 246 Å². The molecule has 0 bridgehead atoms. The molecule has 10 nitrogen and oxygen atoms in total. The highest BCUT2D eigenvalue weighted by Gasteiger charge is 2.60. The minimum atomic E-state index is -1.12. The Morgan fingerprint density at radius 3 is 2.26 bits per heavy atom. The number of rotatable bonds is 8. The van der Waals surface area contributed by atoms with Crippen molar-refractivity contribution in [2.45, 2.75) is 75.5 Å². The Balaban J connectivity index is 1.32. The van der Waals surface area contributed by atoms with Gasteiger partial charge in [0.25, 0.3) is 11.8 Å². The highest BCUT2D eigenvalue weighted by molar-refractivity contribution is 6.03. The Morgan fingerprint density at radius 2 is 1.64 bits per heavy atom. The second-order valence-corrected chi connectivity index (χ2v) is 11.5. The third-order valence-corrected chi connectivity index (χ3v) is 8.89. The number of anilines is 1. The van der Waals surface area contributed by atoms with Gasteiger partial charge >= 0.3 is 0 Å². The topological polar surface area (TPSA) is 140 Å². The lowest BCUT2D eigenvalue weighted by Crippen LogP contribution is -2.59. The van der Waals surface area contributed by atoms with Gasteiger partial charge in [-0.05, 0) is 61.9 Å². The zero-order valence-electron chi connectivity index (χ0n) is 23.8. The van der Waals surface area contributed by atoms with Gasteiger partial charge in [-0.25, -0.2) is 0 Å². The van der Waals surface area contributed by atoms with Gasteiger partial charge in [0.15, 0.2) is 6.17 Å². The zero-order valence-corrected chi connectivity index (χ0v) is 23.8.